The van der Waals surface area contributed by atoms with E-state index in [1.165, 1.54) is 68.6 Å². The number of allylic oxidation sites excluding steroid dienone is 1. The van der Waals surface area contributed by atoms with Crippen LogP contribution in [0.5, 0.6) is 5.75 Å². The molecule has 13 heteroatoms. The quantitative estimate of drug-likeness (QED) is 0.441. The number of carbonyl (C=O) groups is 1. The molecule has 39 heavy (non-hydrogen) atoms. The minimum absolute atomic E-state index is 0.00910. The van der Waals surface area contributed by atoms with Crippen LogP contribution in [0.2, 0.25) is 0 Å². The molecule has 0 saturated carbocycles. The zero-order chi connectivity index (χ0) is 28.8. The van der Waals surface area contributed by atoms with Crippen LogP contribution >= 0.6 is 0 Å². The van der Waals surface area contributed by atoms with Gasteiger partial charge in [0.25, 0.3) is 5.91 Å². The summed E-state index contributed by atoms with van der Waals surface area (Å²) >= 11 is 0. The average Bonchev–Trinajstić information content (AvgIpc) is 2.91. The van der Waals surface area contributed by atoms with Gasteiger partial charge in [-0.25, -0.2) is 8.42 Å². The maximum Gasteiger partial charge on any atom is 0.416 e. The van der Waals surface area contributed by atoms with E-state index < -0.39 is 46.5 Å². The maximum absolute atomic E-state index is 13.1. The third-order valence-corrected chi connectivity index (χ3v) is 7.94. The van der Waals surface area contributed by atoms with Gasteiger partial charge in [-0.15, -0.1) is 0 Å². The van der Waals surface area contributed by atoms with Gasteiger partial charge in [-0.2, -0.15) is 17.5 Å². The number of likely N-dealkylation sites (N-methyl/N-ethyl adjacent to an activating group) is 1. The van der Waals surface area contributed by atoms with E-state index in [0.29, 0.717) is 11.3 Å². The number of aliphatic hydroxyl groups excluding tert-OH is 1. The van der Waals surface area contributed by atoms with Crippen LogP contribution in [0.3, 0.4) is 0 Å². The minimum Gasteiger partial charge on any atom is -0.497 e. The lowest BCUT2D eigenvalue weighted by Gasteiger charge is -2.31. The topological polar surface area (TPSA) is 106 Å². The van der Waals surface area contributed by atoms with Crippen molar-refractivity contribution < 1.29 is 45.7 Å². The van der Waals surface area contributed by atoms with Gasteiger partial charge in [0.05, 0.1) is 30.8 Å². The first-order chi connectivity index (χ1) is 18.4. The molecule has 1 aliphatic heterocycles. The average molecular weight is 573 g/mol. The van der Waals surface area contributed by atoms with Crippen molar-refractivity contribution in [2.24, 2.45) is 0 Å². The molecule has 0 radical (unpaired) electrons. The molecule has 3 rings (SSSR count). The minimum atomic E-state index is -4.48. The van der Waals surface area contributed by atoms with E-state index in [2.05, 4.69) is 0 Å². The number of carbonyl (C=O) groups excluding carboxylic acids is 1. The summed E-state index contributed by atoms with van der Waals surface area (Å²) in [5.74, 6) is -0.482. The molecule has 0 saturated heterocycles. The Balaban J connectivity index is 1.74. The SMILES string of the molecule is COc1ccc(S(=O)(=O)N(CCO)CCO[C@@H]2C[C@H](c3ccc(C(F)(F)F)cc3)C=C(C(=O)N(C)C)O2)cc1. The van der Waals surface area contributed by atoms with Crippen LogP contribution in [0.15, 0.2) is 65.3 Å². The second-order valence-corrected chi connectivity index (χ2v) is 10.9. The van der Waals surface area contributed by atoms with Gasteiger partial charge in [0.2, 0.25) is 16.3 Å². The molecule has 214 valence electrons. The molecule has 0 aromatic heterocycles. The van der Waals surface area contributed by atoms with E-state index in [1.54, 1.807) is 0 Å². The van der Waals surface area contributed by atoms with Crippen LogP contribution in [-0.2, 0) is 30.5 Å². The predicted molar refractivity (Wildman–Crippen MR) is 135 cm³/mol. The Bertz CT molecular complexity index is 1250. The van der Waals surface area contributed by atoms with E-state index in [9.17, 15) is 31.5 Å². The van der Waals surface area contributed by atoms with Crippen molar-refractivity contribution in [3.63, 3.8) is 0 Å². The molecule has 0 spiro atoms. The Labute approximate surface area is 225 Å². The Kier molecular flexibility index (Phi) is 9.99. The Hall–Kier alpha value is -3.13. The van der Waals surface area contributed by atoms with Gasteiger partial charge in [-0.1, -0.05) is 12.1 Å². The maximum atomic E-state index is 13.1. The fourth-order valence-electron chi connectivity index (χ4n) is 3.93. The summed E-state index contributed by atoms with van der Waals surface area (Å²) in [4.78, 5) is 13.9. The van der Waals surface area contributed by atoms with Crippen LogP contribution in [0.4, 0.5) is 13.2 Å². The Morgan fingerprint density at radius 3 is 2.26 bits per heavy atom. The predicted octanol–water partition coefficient (Wildman–Crippen LogP) is 3.22. The monoisotopic (exact) mass is 572 g/mol. The van der Waals surface area contributed by atoms with E-state index in [-0.39, 0.29) is 36.8 Å². The van der Waals surface area contributed by atoms with Crippen molar-refractivity contribution >= 4 is 15.9 Å². The number of hydrogen-bond donors (Lipinski definition) is 1. The van der Waals surface area contributed by atoms with E-state index in [1.807, 2.05) is 0 Å². The zero-order valence-electron chi connectivity index (χ0n) is 21.7. The highest BCUT2D eigenvalue weighted by molar-refractivity contribution is 7.89. The highest BCUT2D eigenvalue weighted by Gasteiger charge is 2.33. The van der Waals surface area contributed by atoms with Gasteiger partial charge in [0.1, 0.15) is 5.75 Å². The third-order valence-electron chi connectivity index (χ3n) is 6.03. The summed E-state index contributed by atoms with van der Waals surface area (Å²) in [6.07, 6.45) is -3.73. The summed E-state index contributed by atoms with van der Waals surface area (Å²) in [7, 11) is 0.553. The second kappa shape index (κ2) is 12.8. The number of sulfonamides is 1. The Morgan fingerprint density at radius 1 is 1.08 bits per heavy atom. The van der Waals surface area contributed by atoms with Gasteiger partial charge in [0, 0.05) is 39.5 Å². The summed E-state index contributed by atoms with van der Waals surface area (Å²) < 4.78 is 82.8. The van der Waals surface area contributed by atoms with Crippen molar-refractivity contribution in [1.82, 2.24) is 9.21 Å². The molecule has 1 amide bonds. The van der Waals surface area contributed by atoms with Gasteiger partial charge < -0.3 is 24.2 Å². The summed E-state index contributed by atoms with van der Waals surface area (Å²) in [5, 5.41) is 9.44. The fraction of sp³-hybridized carbons (Fsp3) is 0.423. The number of amides is 1. The lowest BCUT2D eigenvalue weighted by molar-refractivity contribution is -0.151. The molecule has 2 aromatic rings. The van der Waals surface area contributed by atoms with Crippen molar-refractivity contribution in [1.29, 1.82) is 0 Å². The zero-order valence-corrected chi connectivity index (χ0v) is 22.5. The van der Waals surface area contributed by atoms with Crippen LogP contribution in [0.25, 0.3) is 0 Å². The Morgan fingerprint density at radius 2 is 1.72 bits per heavy atom. The summed E-state index contributed by atoms with van der Waals surface area (Å²) in [6, 6.07) is 10.4. The first-order valence-corrected chi connectivity index (χ1v) is 13.4. The first kappa shape index (κ1) is 30.4. The number of benzene rings is 2. The highest BCUT2D eigenvalue weighted by Crippen LogP contribution is 2.35. The lowest BCUT2D eigenvalue weighted by atomic mass is 9.92. The third kappa shape index (κ3) is 7.72. The van der Waals surface area contributed by atoms with Crippen LogP contribution < -0.4 is 4.74 Å². The number of hydrogen-bond acceptors (Lipinski definition) is 7. The highest BCUT2D eigenvalue weighted by atomic mass is 32.2. The van der Waals surface area contributed by atoms with Crippen LogP contribution in [0, 0.1) is 0 Å². The molecular weight excluding hydrogens is 541 g/mol. The molecule has 0 fully saturated rings. The number of nitrogens with zero attached hydrogens (tertiary/aromatic N) is 2. The number of alkyl halides is 3. The number of ether oxygens (including phenoxy) is 3. The number of aliphatic hydroxyl groups is 1. The molecule has 1 heterocycles. The molecule has 1 N–H and O–H groups in total. The van der Waals surface area contributed by atoms with Gasteiger partial charge >= 0.3 is 6.18 Å². The van der Waals surface area contributed by atoms with Gasteiger partial charge in [-0.3, -0.25) is 4.79 Å². The molecule has 1 aliphatic rings. The van der Waals surface area contributed by atoms with E-state index in [4.69, 9.17) is 14.2 Å². The fourth-order valence-corrected chi connectivity index (χ4v) is 5.34. The molecule has 9 nitrogen and oxygen atoms in total. The molecule has 0 aliphatic carbocycles. The first-order valence-electron chi connectivity index (χ1n) is 12.0. The smallest absolute Gasteiger partial charge is 0.416 e. The molecule has 2 aromatic carbocycles. The summed E-state index contributed by atoms with van der Waals surface area (Å²) in [6.45, 7) is -0.860. The number of rotatable bonds is 11. The second-order valence-electron chi connectivity index (χ2n) is 8.91. The van der Waals surface area contributed by atoms with Crippen molar-refractivity contribution in [2.45, 2.75) is 29.7 Å². The van der Waals surface area contributed by atoms with E-state index >= 15 is 0 Å². The van der Waals surface area contributed by atoms with Gasteiger partial charge in [-0.05, 0) is 48.0 Å². The van der Waals surface area contributed by atoms with Crippen LogP contribution in [-0.4, -0.2) is 82.4 Å². The van der Waals surface area contributed by atoms with Crippen molar-refractivity contribution in [2.75, 3.05) is 47.5 Å². The molecular formula is C26H31F3N2O7S. The number of methoxy groups -OCH3 is 1. The molecule has 0 bridgehead atoms. The van der Waals surface area contributed by atoms with Crippen molar-refractivity contribution in [3.8, 4) is 5.75 Å². The summed E-state index contributed by atoms with van der Waals surface area (Å²) in [5.41, 5.74) is -0.255. The van der Waals surface area contributed by atoms with Gasteiger partial charge in [0.15, 0.2) is 5.76 Å². The van der Waals surface area contributed by atoms with Crippen LogP contribution in [0.1, 0.15) is 23.5 Å². The number of halogens is 3. The largest absolute Gasteiger partial charge is 0.497 e. The van der Waals surface area contributed by atoms with Crippen molar-refractivity contribution in [3.05, 3.63) is 71.5 Å². The van der Waals surface area contributed by atoms with E-state index in [0.717, 1.165) is 16.4 Å². The normalized spacial score (nSPS) is 17.9. The lowest BCUT2D eigenvalue weighted by Crippen LogP contribution is -2.38. The molecule has 2 atom stereocenters. The standard InChI is InChI=1S/C26H31F3N2O7S/c1-30(2)25(33)23-16-19(18-4-6-20(7-5-18)26(27,28)29)17-24(38-23)37-15-13-31(12-14-32)39(34,35)22-10-8-21(36-3)9-11-22/h4-11,16,19,24,32H,12-15,17H2,1-3H3/t19-,24+/m1/s1. The molecule has 0 unspecified atom stereocenters.